The monoisotopic (exact) mass is 356 g/mol. The van der Waals surface area contributed by atoms with Crippen molar-refractivity contribution in [3.63, 3.8) is 0 Å². The number of unbranched alkanes of at least 4 members (excludes halogenated alkanes) is 3. The third kappa shape index (κ3) is 6.57. The van der Waals surface area contributed by atoms with E-state index >= 15 is 0 Å². The van der Waals surface area contributed by atoms with E-state index in [2.05, 4.69) is 6.92 Å². The third-order valence-corrected chi connectivity index (χ3v) is 4.51. The van der Waals surface area contributed by atoms with Crippen LogP contribution in [0.25, 0.3) is 0 Å². The SMILES string of the molecule is CCCCCCc1ccc(Oc2ccccc2)cc1S(=O)(=O)[O-].[Na+]. The summed E-state index contributed by atoms with van der Waals surface area (Å²) in [5, 5.41) is 0. The van der Waals surface area contributed by atoms with Gasteiger partial charge in [0, 0.05) is 0 Å². The first-order valence-electron chi connectivity index (χ1n) is 7.82. The fourth-order valence-electron chi connectivity index (χ4n) is 2.40. The van der Waals surface area contributed by atoms with E-state index in [0.29, 0.717) is 23.5 Å². The molecule has 0 spiro atoms. The summed E-state index contributed by atoms with van der Waals surface area (Å²) in [4.78, 5) is -0.178. The van der Waals surface area contributed by atoms with Gasteiger partial charge in [-0.25, -0.2) is 8.42 Å². The molecule has 124 valence electrons. The van der Waals surface area contributed by atoms with E-state index in [1.165, 1.54) is 6.07 Å². The second-order valence-corrected chi connectivity index (χ2v) is 6.80. The Bertz CT molecular complexity index is 730. The Morgan fingerprint density at radius 2 is 1.67 bits per heavy atom. The van der Waals surface area contributed by atoms with Gasteiger partial charge in [-0.2, -0.15) is 0 Å². The van der Waals surface area contributed by atoms with Gasteiger partial charge >= 0.3 is 29.6 Å². The Balaban J connectivity index is 0.00000288. The second kappa shape index (κ2) is 10.2. The molecule has 0 aliphatic carbocycles. The van der Waals surface area contributed by atoms with E-state index < -0.39 is 10.1 Å². The number of ether oxygens (including phenoxy) is 1. The maximum absolute atomic E-state index is 11.5. The van der Waals surface area contributed by atoms with Crippen molar-refractivity contribution >= 4 is 10.1 Å². The average Bonchev–Trinajstić information content (AvgIpc) is 2.52. The molecular weight excluding hydrogens is 335 g/mol. The summed E-state index contributed by atoms with van der Waals surface area (Å²) in [6, 6.07) is 13.7. The van der Waals surface area contributed by atoms with Gasteiger partial charge in [0.25, 0.3) is 0 Å². The minimum Gasteiger partial charge on any atom is -0.744 e. The first-order chi connectivity index (χ1) is 11.0. The summed E-state index contributed by atoms with van der Waals surface area (Å²) < 4.78 is 40.2. The number of aryl methyl sites for hydroxylation is 1. The first kappa shape index (κ1) is 21.2. The molecule has 0 aliphatic rings. The van der Waals surface area contributed by atoms with Gasteiger partial charge < -0.3 is 9.29 Å². The van der Waals surface area contributed by atoms with Crippen molar-refractivity contribution in [3.8, 4) is 11.5 Å². The minimum atomic E-state index is -4.52. The molecule has 24 heavy (non-hydrogen) atoms. The van der Waals surface area contributed by atoms with E-state index in [0.717, 1.165) is 25.7 Å². The van der Waals surface area contributed by atoms with E-state index in [-0.39, 0.29) is 34.5 Å². The van der Waals surface area contributed by atoms with Gasteiger partial charge in [-0.05, 0) is 42.7 Å². The standard InChI is InChI=1S/C18H22O4S.Na/c1-2-3-4-6-9-15-12-13-17(14-18(15)23(19,20)21)22-16-10-7-5-8-11-16;/h5,7-8,10-14H,2-4,6,9H2,1H3,(H,19,20,21);/q;+1/p-1. The topological polar surface area (TPSA) is 66.4 Å². The van der Waals surface area contributed by atoms with E-state index in [9.17, 15) is 13.0 Å². The average molecular weight is 356 g/mol. The number of rotatable bonds is 8. The zero-order chi connectivity index (χ0) is 16.7. The van der Waals surface area contributed by atoms with Gasteiger partial charge in [-0.15, -0.1) is 0 Å². The van der Waals surface area contributed by atoms with Crippen LogP contribution in [0.3, 0.4) is 0 Å². The van der Waals surface area contributed by atoms with Crippen LogP contribution in [0.1, 0.15) is 38.2 Å². The Kier molecular flexibility index (Phi) is 9.02. The smallest absolute Gasteiger partial charge is 0.744 e. The summed E-state index contributed by atoms with van der Waals surface area (Å²) in [5.74, 6) is 0.945. The van der Waals surface area contributed by atoms with Gasteiger partial charge in [-0.3, -0.25) is 0 Å². The van der Waals surface area contributed by atoms with Crippen molar-refractivity contribution < 1.29 is 47.3 Å². The van der Waals surface area contributed by atoms with Crippen LogP contribution < -0.4 is 34.3 Å². The van der Waals surface area contributed by atoms with Crippen molar-refractivity contribution in [2.24, 2.45) is 0 Å². The quantitative estimate of drug-likeness (QED) is 0.409. The molecule has 0 aliphatic heterocycles. The fourth-order valence-corrected chi connectivity index (χ4v) is 3.16. The van der Waals surface area contributed by atoms with Crippen LogP contribution in [0, 0.1) is 0 Å². The summed E-state index contributed by atoms with van der Waals surface area (Å²) in [6.45, 7) is 2.11. The Morgan fingerprint density at radius 3 is 2.29 bits per heavy atom. The van der Waals surface area contributed by atoms with Crippen LogP contribution in [0.4, 0.5) is 0 Å². The molecule has 2 aromatic carbocycles. The van der Waals surface area contributed by atoms with Crippen molar-refractivity contribution in [2.75, 3.05) is 0 Å². The first-order valence-corrected chi connectivity index (χ1v) is 9.23. The molecule has 0 radical (unpaired) electrons. The zero-order valence-corrected chi connectivity index (χ0v) is 17.0. The number of hydrogen-bond donors (Lipinski definition) is 0. The Hall–Kier alpha value is -0.850. The third-order valence-electron chi connectivity index (χ3n) is 3.59. The summed E-state index contributed by atoms with van der Waals surface area (Å²) in [7, 11) is -4.52. The fraction of sp³-hybridized carbons (Fsp3) is 0.333. The van der Waals surface area contributed by atoms with Crippen LogP contribution in [0.2, 0.25) is 0 Å². The molecule has 0 atom stereocenters. The molecule has 4 nitrogen and oxygen atoms in total. The molecule has 0 fully saturated rings. The molecule has 0 aromatic heterocycles. The molecule has 0 N–H and O–H groups in total. The number of benzene rings is 2. The summed E-state index contributed by atoms with van der Waals surface area (Å²) in [5.41, 5.74) is 0.566. The zero-order valence-electron chi connectivity index (χ0n) is 14.2. The van der Waals surface area contributed by atoms with Crippen molar-refractivity contribution in [1.82, 2.24) is 0 Å². The van der Waals surface area contributed by atoms with Crippen LogP contribution in [0.5, 0.6) is 11.5 Å². The van der Waals surface area contributed by atoms with Crippen molar-refractivity contribution in [3.05, 3.63) is 54.1 Å². The normalized spacial score (nSPS) is 10.9. The molecule has 0 saturated carbocycles. The minimum absolute atomic E-state index is 0. The molecule has 0 saturated heterocycles. The van der Waals surface area contributed by atoms with Gasteiger partial charge in [0.05, 0.1) is 4.90 Å². The van der Waals surface area contributed by atoms with Gasteiger partial charge in [0.15, 0.2) is 0 Å². The molecule has 6 heteroatoms. The molecule has 0 amide bonds. The van der Waals surface area contributed by atoms with Gasteiger partial charge in [0.1, 0.15) is 21.6 Å². The van der Waals surface area contributed by atoms with Gasteiger partial charge in [0.2, 0.25) is 0 Å². The molecule has 2 rings (SSSR count). The maximum Gasteiger partial charge on any atom is 1.00 e. The summed E-state index contributed by atoms with van der Waals surface area (Å²) >= 11 is 0. The van der Waals surface area contributed by atoms with E-state index in [4.69, 9.17) is 4.74 Å². The van der Waals surface area contributed by atoms with Crippen molar-refractivity contribution in [1.29, 1.82) is 0 Å². The second-order valence-electron chi connectivity index (χ2n) is 5.45. The van der Waals surface area contributed by atoms with Crippen LogP contribution in [-0.2, 0) is 16.5 Å². The number of para-hydroxylation sites is 1. The van der Waals surface area contributed by atoms with Crippen LogP contribution >= 0.6 is 0 Å². The number of hydrogen-bond acceptors (Lipinski definition) is 4. The van der Waals surface area contributed by atoms with Gasteiger partial charge in [-0.1, -0.05) is 50.5 Å². The van der Waals surface area contributed by atoms with Crippen LogP contribution in [0.15, 0.2) is 53.4 Å². The molecule has 2 aromatic rings. The van der Waals surface area contributed by atoms with Crippen LogP contribution in [-0.4, -0.2) is 13.0 Å². The van der Waals surface area contributed by atoms with Crippen molar-refractivity contribution in [2.45, 2.75) is 43.9 Å². The Morgan fingerprint density at radius 1 is 0.958 bits per heavy atom. The Labute approximate surface area is 166 Å². The molecular formula is C18H21NaO4S. The largest absolute Gasteiger partial charge is 1.00 e. The van der Waals surface area contributed by atoms with E-state index in [1.807, 2.05) is 18.2 Å². The molecule has 0 unspecified atom stereocenters. The predicted molar refractivity (Wildman–Crippen MR) is 88.8 cm³/mol. The maximum atomic E-state index is 11.5. The molecule has 0 bridgehead atoms. The van der Waals surface area contributed by atoms with E-state index in [1.54, 1.807) is 24.3 Å². The molecule has 0 heterocycles. The summed E-state index contributed by atoms with van der Waals surface area (Å²) in [6.07, 6.45) is 4.69. The predicted octanol–water partition coefficient (Wildman–Crippen LogP) is 1.51.